The van der Waals surface area contributed by atoms with Gasteiger partial charge in [-0.1, -0.05) is 6.07 Å². The maximum absolute atomic E-state index is 11.8. The topological polar surface area (TPSA) is 67.5 Å². The van der Waals surface area contributed by atoms with Gasteiger partial charge < -0.3 is 14.5 Å². The molecule has 1 aromatic heterocycles. The van der Waals surface area contributed by atoms with Crippen LogP contribution >= 0.6 is 0 Å². The number of benzene rings is 1. The van der Waals surface area contributed by atoms with Crippen molar-refractivity contribution in [1.82, 2.24) is 14.9 Å². The number of hydrogen-bond acceptors (Lipinski definition) is 5. The van der Waals surface area contributed by atoms with Crippen molar-refractivity contribution in [1.29, 1.82) is 0 Å². The molecular weight excluding hydrogens is 330 g/mol. The summed E-state index contributed by atoms with van der Waals surface area (Å²) in [6.07, 6.45) is 2.15. The van der Waals surface area contributed by atoms with Gasteiger partial charge in [0.1, 0.15) is 17.3 Å². The fourth-order valence-electron chi connectivity index (χ4n) is 3.85. The van der Waals surface area contributed by atoms with Gasteiger partial charge in [0.15, 0.2) is 0 Å². The molecule has 1 atom stereocenters. The smallest absolute Gasteiger partial charge is 0.251 e. The van der Waals surface area contributed by atoms with E-state index < -0.39 is 0 Å². The number of nitrogens with zero attached hydrogens (tertiary/aromatic N) is 2. The summed E-state index contributed by atoms with van der Waals surface area (Å²) in [4.78, 5) is 21.5. The molecule has 0 aliphatic carbocycles. The van der Waals surface area contributed by atoms with Gasteiger partial charge in [0.05, 0.1) is 19.9 Å². The Bertz CT molecular complexity index is 832. The standard InChI is InChI=1S/C20H27N3O3/c1-13-18(25-3)8-7-16(20(13)26-4)12-23-9-5-6-15(11-23)17-10-19(24)22-14(2)21-17/h7-8,10,15H,5-6,9,11-12H2,1-4H3,(H,21,22,24)/t15-/m1/s1. The predicted octanol–water partition coefficient (Wildman–Crippen LogP) is 2.78. The molecule has 26 heavy (non-hydrogen) atoms. The van der Waals surface area contributed by atoms with Gasteiger partial charge in [-0.25, -0.2) is 4.98 Å². The molecule has 0 radical (unpaired) electrons. The van der Waals surface area contributed by atoms with Crippen molar-refractivity contribution >= 4 is 0 Å². The molecular formula is C20H27N3O3. The monoisotopic (exact) mass is 357 g/mol. The SMILES string of the molecule is COc1ccc(CN2CCC[C@@H](c3cc(=O)[nH]c(C)n3)C2)c(OC)c1C. The van der Waals surface area contributed by atoms with Crippen LogP contribution in [0.5, 0.6) is 11.5 Å². The number of aromatic nitrogens is 2. The van der Waals surface area contributed by atoms with Gasteiger partial charge in [-0.05, 0) is 39.3 Å². The number of hydrogen-bond donors (Lipinski definition) is 1. The van der Waals surface area contributed by atoms with Gasteiger partial charge in [0.2, 0.25) is 0 Å². The lowest BCUT2D eigenvalue weighted by Crippen LogP contribution is -2.34. The summed E-state index contributed by atoms with van der Waals surface area (Å²) in [5.41, 5.74) is 3.00. The highest BCUT2D eigenvalue weighted by atomic mass is 16.5. The third-order valence-electron chi connectivity index (χ3n) is 5.06. The second-order valence-corrected chi connectivity index (χ2v) is 6.92. The van der Waals surface area contributed by atoms with E-state index in [0.717, 1.165) is 60.8 Å². The van der Waals surface area contributed by atoms with Gasteiger partial charge in [0, 0.05) is 36.2 Å². The van der Waals surface area contributed by atoms with E-state index in [9.17, 15) is 4.79 Å². The van der Waals surface area contributed by atoms with Crippen LogP contribution in [0.3, 0.4) is 0 Å². The molecule has 0 bridgehead atoms. The molecule has 1 aliphatic rings. The number of aromatic amines is 1. The average molecular weight is 357 g/mol. The molecule has 1 saturated heterocycles. The second-order valence-electron chi connectivity index (χ2n) is 6.92. The maximum atomic E-state index is 11.8. The largest absolute Gasteiger partial charge is 0.496 e. The molecule has 1 aliphatic heterocycles. The summed E-state index contributed by atoms with van der Waals surface area (Å²) in [5, 5.41) is 0. The first-order valence-electron chi connectivity index (χ1n) is 9.02. The van der Waals surface area contributed by atoms with E-state index in [1.807, 2.05) is 19.9 Å². The number of ether oxygens (including phenoxy) is 2. The zero-order valence-corrected chi connectivity index (χ0v) is 16.0. The van der Waals surface area contributed by atoms with Crippen LogP contribution in [0.2, 0.25) is 0 Å². The Morgan fingerprint density at radius 3 is 2.77 bits per heavy atom. The minimum absolute atomic E-state index is 0.0722. The number of aryl methyl sites for hydroxylation is 1. The van der Waals surface area contributed by atoms with Crippen LogP contribution in [-0.4, -0.2) is 42.2 Å². The van der Waals surface area contributed by atoms with Crippen molar-refractivity contribution in [2.24, 2.45) is 0 Å². The molecule has 0 unspecified atom stereocenters. The van der Waals surface area contributed by atoms with Crippen LogP contribution in [0.1, 0.15) is 41.4 Å². The minimum atomic E-state index is -0.0722. The van der Waals surface area contributed by atoms with E-state index in [-0.39, 0.29) is 11.5 Å². The molecule has 0 saturated carbocycles. The normalized spacial score (nSPS) is 17.9. The van der Waals surface area contributed by atoms with Crippen LogP contribution in [0, 0.1) is 13.8 Å². The van der Waals surface area contributed by atoms with Crippen LogP contribution in [-0.2, 0) is 6.54 Å². The van der Waals surface area contributed by atoms with Crippen molar-refractivity contribution < 1.29 is 9.47 Å². The van der Waals surface area contributed by atoms with E-state index in [1.165, 1.54) is 0 Å². The van der Waals surface area contributed by atoms with Crippen molar-refractivity contribution in [2.75, 3.05) is 27.3 Å². The molecule has 2 heterocycles. The number of H-pyrrole nitrogens is 1. The Labute approximate surface area is 154 Å². The van der Waals surface area contributed by atoms with Crippen LogP contribution in [0.4, 0.5) is 0 Å². The van der Waals surface area contributed by atoms with Gasteiger partial charge >= 0.3 is 0 Å². The van der Waals surface area contributed by atoms with Gasteiger partial charge in [-0.15, -0.1) is 0 Å². The Kier molecular flexibility index (Phi) is 5.61. The number of rotatable bonds is 5. The first-order valence-corrected chi connectivity index (χ1v) is 9.02. The predicted molar refractivity (Wildman–Crippen MR) is 101 cm³/mol. The Morgan fingerprint density at radius 2 is 2.08 bits per heavy atom. The van der Waals surface area contributed by atoms with E-state index in [0.29, 0.717) is 5.82 Å². The van der Waals surface area contributed by atoms with Crippen LogP contribution < -0.4 is 15.0 Å². The second kappa shape index (κ2) is 7.91. The van der Waals surface area contributed by atoms with E-state index in [1.54, 1.807) is 20.3 Å². The molecule has 6 heteroatoms. The molecule has 3 rings (SSSR count). The number of methoxy groups -OCH3 is 2. The van der Waals surface area contributed by atoms with E-state index >= 15 is 0 Å². The van der Waals surface area contributed by atoms with Crippen molar-refractivity contribution in [3.8, 4) is 11.5 Å². The number of likely N-dealkylation sites (tertiary alicyclic amines) is 1. The maximum Gasteiger partial charge on any atom is 0.251 e. The minimum Gasteiger partial charge on any atom is -0.496 e. The lowest BCUT2D eigenvalue weighted by molar-refractivity contribution is 0.196. The molecule has 0 amide bonds. The fraction of sp³-hybridized carbons (Fsp3) is 0.500. The van der Waals surface area contributed by atoms with E-state index in [4.69, 9.17) is 9.47 Å². The molecule has 2 aromatic rings. The first-order chi connectivity index (χ1) is 12.5. The third-order valence-corrected chi connectivity index (χ3v) is 5.06. The zero-order valence-electron chi connectivity index (χ0n) is 16.0. The fourth-order valence-corrected chi connectivity index (χ4v) is 3.85. The summed E-state index contributed by atoms with van der Waals surface area (Å²) in [6.45, 7) is 6.59. The Balaban J connectivity index is 1.78. The molecule has 0 spiro atoms. The summed E-state index contributed by atoms with van der Waals surface area (Å²) in [5.74, 6) is 2.69. The van der Waals surface area contributed by atoms with Gasteiger partial charge in [0.25, 0.3) is 5.56 Å². The summed E-state index contributed by atoms with van der Waals surface area (Å²) < 4.78 is 11.0. The van der Waals surface area contributed by atoms with Gasteiger partial charge in [-0.2, -0.15) is 0 Å². The first kappa shape index (κ1) is 18.5. The zero-order chi connectivity index (χ0) is 18.7. The van der Waals surface area contributed by atoms with Crippen molar-refractivity contribution in [2.45, 2.75) is 39.2 Å². The quantitative estimate of drug-likeness (QED) is 0.891. The number of piperidine rings is 1. The summed E-state index contributed by atoms with van der Waals surface area (Å²) in [7, 11) is 3.38. The summed E-state index contributed by atoms with van der Waals surface area (Å²) >= 11 is 0. The molecule has 1 N–H and O–H groups in total. The van der Waals surface area contributed by atoms with Crippen molar-refractivity contribution in [3.05, 3.63) is 51.2 Å². The molecule has 1 fully saturated rings. The highest BCUT2D eigenvalue weighted by molar-refractivity contribution is 5.49. The average Bonchev–Trinajstić information content (AvgIpc) is 2.61. The van der Waals surface area contributed by atoms with Crippen LogP contribution in [0.15, 0.2) is 23.0 Å². The van der Waals surface area contributed by atoms with Gasteiger partial charge in [-0.3, -0.25) is 9.69 Å². The Hall–Kier alpha value is -2.34. The molecule has 1 aromatic carbocycles. The van der Waals surface area contributed by atoms with Crippen molar-refractivity contribution in [3.63, 3.8) is 0 Å². The lowest BCUT2D eigenvalue weighted by atomic mass is 9.94. The third kappa shape index (κ3) is 3.90. The highest BCUT2D eigenvalue weighted by Gasteiger charge is 2.24. The van der Waals surface area contributed by atoms with Crippen LogP contribution in [0.25, 0.3) is 0 Å². The molecule has 140 valence electrons. The lowest BCUT2D eigenvalue weighted by Gasteiger charge is -2.33. The summed E-state index contributed by atoms with van der Waals surface area (Å²) in [6, 6.07) is 5.71. The van der Waals surface area contributed by atoms with E-state index in [2.05, 4.69) is 20.9 Å². The highest BCUT2D eigenvalue weighted by Crippen LogP contribution is 2.33. The Morgan fingerprint density at radius 1 is 1.27 bits per heavy atom. The number of nitrogens with one attached hydrogen (secondary N) is 1. The molecule has 6 nitrogen and oxygen atoms in total.